The highest BCUT2D eigenvalue weighted by Crippen LogP contribution is 2.34. The van der Waals surface area contributed by atoms with Crippen LogP contribution in [0, 0.1) is 5.92 Å². The number of amides is 2. The largest absolute Gasteiger partial charge is 0.486 e. The van der Waals surface area contributed by atoms with E-state index >= 15 is 0 Å². The lowest BCUT2D eigenvalue weighted by molar-refractivity contribution is 0.0916. The molecule has 0 fully saturated rings. The second kappa shape index (κ2) is 8.51. The monoisotopic (exact) mass is 398 g/mol. The summed E-state index contributed by atoms with van der Waals surface area (Å²) in [5, 5.41) is 5.95. The van der Waals surface area contributed by atoms with Crippen LogP contribution in [-0.4, -0.2) is 38.5 Å². The maximum Gasteiger partial charge on any atom is 0.315 e. The van der Waals surface area contributed by atoms with Gasteiger partial charge in [-0.3, -0.25) is 0 Å². The molecule has 0 aromatic heterocycles. The topological polar surface area (TPSA) is 78.1 Å². The van der Waals surface area contributed by atoms with Crippen molar-refractivity contribution in [2.24, 2.45) is 5.92 Å². The second-order valence-corrected chi connectivity index (χ2v) is 7.48. The van der Waals surface area contributed by atoms with Crippen molar-refractivity contribution in [1.29, 1.82) is 0 Å². The summed E-state index contributed by atoms with van der Waals surface area (Å²) in [5.74, 6) is 3.08. The van der Waals surface area contributed by atoms with E-state index in [0.717, 1.165) is 17.1 Å². The Balaban J connectivity index is 1.35. The third-order valence-electron chi connectivity index (χ3n) is 4.94. The summed E-state index contributed by atoms with van der Waals surface area (Å²) >= 11 is 0. The van der Waals surface area contributed by atoms with E-state index in [9.17, 15) is 4.79 Å². The average Bonchev–Trinajstić information content (AvgIpc) is 2.75. The third-order valence-corrected chi connectivity index (χ3v) is 4.94. The Morgan fingerprint density at radius 1 is 1.00 bits per heavy atom. The highest BCUT2D eigenvalue weighted by atomic mass is 16.6. The van der Waals surface area contributed by atoms with E-state index in [1.54, 1.807) is 0 Å². The van der Waals surface area contributed by atoms with Crippen molar-refractivity contribution in [3.63, 3.8) is 0 Å². The number of hydrogen-bond acceptors (Lipinski definition) is 5. The van der Waals surface area contributed by atoms with Crippen LogP contribution >= 0.6 is 0 Å². The molecule has 2 aromatic carbocycles. The van der Waals surface area contributed by atoms with Crippen molar-refractivity contribution in [1.82, 2.24) is 10.6 Å². The molecule has 0 bridgehead atoms. The zero-order valence-electron chi connectivity index (χ0n) is 16.6. The zero-order valence-corrected chi connectivity index (χ0v) is 16.6. The molecular weight excluding hydrogens is 372 g/mol. The van der Waals surface area contributed by atoms with E-state index in [1.165, 1.54) is 0 Å². The fraction of sp³-hybridized carbons (Fsp3) is 0.409. The molecule has 0 saturated heterocycles. The number of rotatable bonds is 5. The minimum atomic E-state index is -0.249. The Morgan fingerprint density at radius 2 is 1.72 bits per heavy atom. The van der Waals surface area contributed by atoms with Crippen LogP contribution in [0.1, 0.15) is 25.5 Å². The molecule has 2 aliphatic heterocycles. The predicted octanol–water partition coefficient (Wildman–Crippen LogP) is 3.29. The Morgan fingerprint density at radius 3 is 2.52 bits per heavy atom. The SMILES string of the molecule is CC(C)[C@H](NC(=O)NC[C@H]1COc2ccccc2O1)c1ccc2c(c1)OCCO2. The number of ether oxygens (including phenoxy) is 4. The number of fused-ring (bicyclic) bond motifs is 2. The molecule has 0 radical (unpaired) electrons. The van der Waals surface area contributed by atoms with Crippen LogP contribution in [0.2, 0.25) is 0 Å². The summed E-state index contributed by atoms with van der Waals surface area (Å²) in [7, 11) is 0. The maximum absolute atomic E-state index is 12.5. The van der Waals surface area contributed by atoms with Gasteiger partial charge in [0.2, 0.25) is 0 Å². The summed E-state index contributed by atoms with van der Waals surface area (Å²) in [4.78, 5) is 12.5. The molecule has 0 aliphatic carbocycles. The Kier molecular flexibility index (Phi) is 5.64. The first-order chi connectivity index (χ1) is 14.1. The molecule has 4 rings (SSSR count). The number of benzene rings is 2. The van der Waals surface area contributed by atoms with E-state index in [2.05, 4.69) is 24.5 Å². The molecule has 7 nitrogen and oxygen atoms in total. The molecule has 2 aromatic rings. The number of carbonyl (C=O) groups is 1. The standard InChI is InChI=1S/C22H26N2O5/c1-14(2)21(15-7-8-18-20(11-15)27-10-9-26-18)24-22(25)23-12-16-13-28-17-5-3-4-6-19(17)29-16/h3-8,11,14,16,21H,9-10,12-13H2,1-2H3,(H2,23,24,25)/t16-,21-/m0/s1. The van der Waals surface area contributed by atoms with Gasteiger partial charge in [-0.2, -0.15) is 0 Å². The first kappa shape index (κ1) is 19.2. The summed E-state index contributed by atoms with van der Waals surface area (Å²) in [6.45, 7) is 5.97. The van der Waals surface area contributed by atoms with Gasteiger partial charge in [-0.05, 0) is 35.7 Å². The molecule has 0 saturated carbocycles. The molecule has 0 unspecified atom stereocenters. The minimum absolute atomic E-state index is 0.157. The van der Waals surface area contributed by atoms with Crippen molar-refractivity contribution in [2.75, 3.05) is 26.4 Å². The fourth-order valence-electron chi connectivity index (χ4n) is 3.45. The number of nitrogens with one attached hydrogen (secondary N) is 2. The van der Waals surface area contributed by atoms with Crippen LogP contribution < -0.4 is 29.6 Å². The molecular formula is C22H26N2O5. The van der Waals surface area contributed by atoms with E-state index in [4.69, 9.17) is 18.9 Å². The van der Waals surface area contributed by atoms with Gasteiger partial charge in [-0.25, -0.2) is 4.79 Å². The molecule has 0 spiro atoms. The Labute approximate surface area is 170 Å². The lowest BCUT2D eigenvalue weighted by Crippen LogP contribution is -2.46. The lowest BCUT2D eigenvalue weighted by Gasteiger charge is -2.28. The molecule has 7 heteroatoms. The maximum atomic E-state index is 12.5. The number of para-hydroxylation sites is 2. The highest BCUT2D eigenvalue weighted by Gasteiger charge is 2.24. The van der Waals surface area contributed by atoms with Gasteiger partial charge in [0, 0.05) is 0 Å². The fourth-order valence-corrected chi connectivity index (χ4v) is 3.45. The van der Waals surface area contributed by atoms with Gasteiger partial charge >= 0.3 is 6.03 Å². The Hall–Kier alpha value is -3.09. The molecule has 2 atom stereocenters. The first-order valence-corrected chi connectivity index (χ1v) is 9.92. The molecule has 2 N–H and O–H groups in total. The van der Waals surface area contributed by atoms with Crippen LogP contribution in [0.15, 0.2) is 42.5 Å². The van der Waals surface area contributed by atoms with Gasteiger partial charge in [-0.1, -0.05) is 32.0 Å². The van der Waals surface area contributed by atoms with Gasteiger partial charge in [0.25, 0.3) is 0 Å². The van der Waals surface area contributed by atoms with Crippen molar-refractivity contribution in [3.05, 3.63) is 48.0 Å². The van der Waals surface area contributed by atoms with Gasteiger partial charge in [0.15, 0.2) is 29.1 Å². The molecule has 154 valence electrons. The van der Waals surface area contributed by atoms with E-state index in [1.807, 2.05) is 42.5 Å². The van der Waals surface area contributed by atoms with Crippen molar-refractivity contribution >= 4 is 6.03 Å². The normalized spacial score (nSPS) is 18.1. The van der Waals surface area contributed by atoms with Gasteiger partial charge in [0.1, 0.15) is 19.8 Å². The number of carbonyl (C=O) groups excluding carboxylic acids is 1. The van der Waals surface area contributed by atoms with Gasteiger partial charge in [-0.15, -0.1) is 0 Å². The van der Waals surface area contributed by atoms with Gasteiger partial charge in [0.05, 0.1) is 12.6 Å². The third kappa shape index (κ3) is 4.50. The van der Waals surface area contributed by atoms with E-state index in [-0.39, 0.29) is 24.1 Å². The smallest absolute Gasteiger partial charge is 0.315 e. The zero-order chi connectivity index (χ0) is 20.2. The van der Waals surface area contributed by atoms with Crippen molar-refractivity contribution < 1.29 is 23.7 Å². The number of urea groups is 1. The molecule has 2 amide bonds. The molecule has 2 heterocycles. The van der Waals surface area contributed by atoms with Crippen molar-refractivity contribution in [2.45, 2.75) is 26.0 Å². The van der Waals surface area contributed by atoms with Crippen LogP contribution in [-0.2, 0) is 0 Å². The van der Waals surface area contributed by atoms with E-state index < -0.39 is 0 Å². The summed E-state index contributed by atoms with van der Waals surface area (Å²) in [5.41, 5.74) is 0.977. The predicted molar refractivity (Wildman–Crippen MR) is 108 cm³/mol. The Bertz CT molecular complexity index is 870. The molecule has 29 heavy (non-hydrogen) atoms. The van der Waals surface area contributed by atoms with Crippen LogP contribution in [0.4, 0.5) is 4.79 Å². The van der Waals surface area contributed by atoms with E-state index in [0.29, 0.717) is 37.9 Å². The first-order valence-electron chi connectivity index (χ1n) is 9.92. The summed E-state index contributed by atoms with van der Waals surface area (Å²) in [6.07, 6.45) is -0.234. The quantitative estimate of drug-likeness (QED) is 0.808. The second-order valence-electron chi connectivity index (χ2n) is 7.48. The van der Waals surface area contributed by atoms with Crippen molar-refractivity contribution in [3.8, 4) is 23.0 Å². The highest BCUT2D eigenvalue weighted by molar-refractivity contribution is 5.74. The molecule has 2 aliphatic rings. The number of hydrogen-bond donors (Lipinski definition) is 2. The lowest BCUT2D eigenvalue weighted by atomic mass is 9.95. The minimum Gasteiger partial charge on any atom is -0.486 e. The van der Waals surface area contributed by atoms with Crippen LogP contribution in [0.5, 0.6) is 23.0 Å². The van der Waals surface area contributed by atoms with Gasteiger partial charge < -0.3 is 29.6 Å². The van der Waals surface area contributed by atoms with Crippen LogP contribution in [0.25, 0.3) is 0 Å². The average molecular weight is 398 g/mol. The summed E-state index contributed by atoms with van der Waals surface area (Å²) < 4.78 is 22.8. The van der Waals surface area contributed by atoms with Crippen LogP contribution in [0.3, 0.4) is 0 Å². The summed E-state index contributed by atoms with van der Waals surface area (Å²) in [6, 6.07) is 12.9.